The molecule has 2 N–H and O–H groups in total. The Morgan fingerprint density at radius 2 is 1.74 bits per heavy atom. The van der Waals surface area contributed by atoms with Crippen LogP contribution >= 0.6 is 23.8 Å². The second-order valence-corrected chi connectivity index (χ2v) is 7.55. The van der Waals surface area contributed by atoms with E-state index in [0.29, 0.717) is 38.8 Å². The van der Waals surface area contributed by atoms with Crippen molar-refractivity contribution < 1.29 is 13.6 Å². The Balaban J connectivity index is 1.32. The van der Waals surface area contributed by atoms with Gasteiger partial charge in [0.15, 0.2) is 16.5 Å². The number of benzene rings is 3. The maximum absolute atomic E-state index is 12.4. The lowest BCUT2D eigenvalue weighted by Gasteiger charge is -2.08. The molecule has 0 aliphatic carbocycles. The zero-order chi connectivity index (χ0) is 21.4. The molecule has 5 rings (SSSR count). The summed E-state index contributed by atoms with van der Waals surface area (Å²) < 4.78 is 11.4. The number of furan rings is 1. The normalized spacial score (nSPS) is 11.0. The molecule has 0 aliphatic heterocycles. The van der Waals surface area contributed by atoms with Crippen molar-refractivity contribution in [2.24, 2.45) is 0 Å². The lowest BCUT2D eigenvalue weighted by Crippen LogP contribution is -2.33. The number of thiocarbonyl (C=S) groups is 1. The third-order valence-corrected chi connectivity index (χ3v) is 5.16. The average Bonchev–Trinajstić information content (AvgIpc) is 3.37. The molecule has 0 fully saturated rings. The van der Waals surface area contributed by atoms with Crippen LogP contribution in [0.25, 0.3) is 33.5 Å². The molecular weight excluding hydrogens is 434 g/mol. The molecule has 1 amide bonds. The van der Waals surface area contributed by atoms with Gasteiger partial charge < -0.3 is 14.2 Å². The Bertz CT molecular complexity index is 1420. The van der Waals surface area contributed by atoms with E-state index in [9.17, 15) is 4.79 Å². The zero-order valence-electron chi connectivity index (χ0n) is 15.9. The summed E-state index contributed by atoms with van der Waals surface area (Å²) in [5, 5.41) is 7.14. The van der Waals surface area contributed by atoms with Crippen molar-refractivity contribution >= 4 is 62.6 Å². The first-order valence-electron chi connectivity index (χ1n) is 9.33. The molecule has 0 radical (unpaired) electrons. The molecule has 0 saturated carbocycles. The Morgan fingerprint density at radius 3 is 2.58 bits per heavy atom. The van der Waals surface area contributed by atoms with Crippen molar-refractivity contribution in [2.45, 2.75) is 0 Å². The smallest absolute Gasteiger partial charge is 0.293 e. The SMILES string of the molecule is O=C(NC(=S)Nc1ccc2oc(-c3ccccc3Cl)nc2c1)c1cc2ccccc2o1. The van der Waals surface area contributed by atoms with E-state index in [1.165, 1.54) is 0 Å². The number of oxazole rings is 1. The van der Waals surface area contributed by atoms with E-state index in [-0.39, 0.29) is 10.9 Å². The predicted octanol–water partition coefficient (Wildman–Crippen LogP) is 6.02. The minimum Gasteiger partial charge on any atom is -0.451 e. The molecule has 0 aliphatic rings. The van der Waals surface area contributed by atoms with Gasteiger partial charge in [0.05, 0.1) is 10.6 Å². The zero-order valence-corrected chi connectivity index (χ0v) is 17.5. The molecule has 2 heterocycles. The highest BCUT2D eigenvalue weighted by Crippen LogP contribution is 2.30. The van der Waals surface area contributed by atoms with Crippen LogP contribution in [0.2, 0.25) is 5.02 Å². The first-order chi connectivity index (χ1) is 15.1. The van der Waals surface area contributed by atoms with Gasteiger partial charge in [0.1, 0.15) is 11.1 Å². The largest absolute Gasteiger partial charge is 0.451 e. The fourth-order valence-corrected chi connectivity index (χ4v) is 3.60. The van der Waals surface area contributed by atoms with Crippen LogP contribution in [0.4, 0.5) is 5.69 Å². The maximum atomic E-state index is 12.4. The number of carbonyl (C=O) groups is 1. The van der Waals surface area contributed by atoms with Crippen LogP contribution in [0.5, 0.6) is 0 Å². The van der Waals surface area contributed by atoms with Gasteiger partial charge in [0, 0.05) is 11.1 Å². The minimum atomic E-state index is -0.433. The number of fused-ring (bicyclic) bond motifs is 2. The first-order valence-corrected chi connectivity index (χ1v) is 10.1. The van der Waals surface area contributed by atoms with Crippen LogP contribution in [0.1, 0.15) is 10.6 Å². The van der Waals surface area contributed by atoms with Gasteiger partial charge in [0.25, 0.3) is 5.91 Å². The molecule has 31 heavy (non-hydrogen) atoms. The molecule has 3 aromatic carbocycles. The van der Waals surface area contributed by atoms with Gasteiger partial charge in [-0.05, 0) is 54.7 Å². The van der Waals surface area contributed by atoms with Crippen molar-refractivity contribution in [3.8, 4) is 11.5 Å². The number of para-hydroxylation sites is 1. The molecule has 0 unspecified atom stereocenters. The van der Waals surface area contributed by atoms with Gasteiger partial charge in [-0.1, -0.05) is 41.9 Å². The van der Waals surface area contributed by atoms with E-state index in [1.54, 1.807) is 36.4 Å². The maximum Gasteiger partial charge on any atom is 0.293 e. The van der Waals surface area contributed by atoms with Crippen molar-refractivity contribution in [2.75, 3.05) is 5.32 Å². The summed E-state index contributed by atoms with van der Waals surface area (Å²) in [5.41, 5.74) is 3.24. The Kier molecular flexibility index (Phi) is 4.89. The third kappa shape index (κ3) is 3.88. The minimum absolute atomic E-state index is 0.139. The van der Waals surface area contributed by atoms with Gasteiger partial charge in [-0.2, -0.15) is 0 Å². The topological polar surface area (TPSA) is 80.3 Å². The molecule has 8 heteroatoms. The molecule has 6 nitrogen and oxygen atoms in total. The van der Waals surface area contributed by atoms with Gasteiger partial charge in [0.2, 0.25) is 5.89 Å². The van der Waals surface area contributed by atoms with Gasteiger partial charge in [-0.25, -0.2) is 4.98 Å². The predicted molar refractivity (Wildman–Crippen MR) is 124 cm³/mol. The fourth-order valence-electron chi connectivity index (χ4n) is 3.18. The monoisotopic (exact) mass is 447 g/mol. The number of anilines is 1. The lowest BCUT2D eigenvalue weighted by atomic mass is 10.2. The first kappa shape index (κ1) is 19.3. The lowest BCUT2D eigenvalue weighted by molar-refractivity contribution is 0.0953. The second-order valence-electron chi connectivity index (χ2n) is 6.74. The molecule has 0 atom stereocenters. The second kappa shape index (κ2) is 7.86. The van der Waals surface area contributed by atoms with E-state index in [1.807, 2.05) is 36.4 Å². The van der Waals surface area contributed by atoms with Gasteiger partial charge in [-0.15, -0.1) is 0 Å². The number of nitrogens with zero attached hydrogens (tertiary/aromatic N) is 1. The number of aromatic nitrogens is 1. The summed E-state index contributed by atoms with van der Waals surface area (Å²) in [6.07, 6.45) is 0. The van der Waals surface area contributed by atoms with Crippen molar-refractivity contribution in [3.63, 3.8) is 0 Å². The summed E-state index contributed by atoms with van der Waals surface area (Å²) in [7, 11) is 0. The number of hydrogen-bond donors (Lipinski definition) is 2. The molecule has 2 aromatic heterocycles. The summed E-state index contributed by atoms with van der Waals surface area (Å²) in [4.78, 5) is 17.0. The van der Waals surface area contributed by atoms with E-state index in [4.69, 9.17) is 32.7 Å². The number of amides is 1. The highest BCUT2D eigenvalue weighted by atomic mass is 35.5. The van der Waals surface area contributed by atoms with Crippen molar-refractivity contribution in [1.29, 1.82) is 0 Å². The van der Waals surface area contributed by atoms with Gasteiger partial charge in [-0.3, -0.25) is 10.1 Å². The molecule has 0 spiro atoms. The van der Waals surface area contributed by atoms with Crippen LogP contribution in [0.3, 0.4) is 0 Å². The van der Waals surface area contributed by atoms with Crippen LogP contribution in [-0.4, -0.2) is 16.0 Å². The summed E-state index contributed by atoms with van der Waals surface area (Å²) >= 11 is 11.5. The molecule has 0 saturated heterocycles. The number of rotatable bonds is 3. The van der Waals surface area contributed by atoms with Crippen LogP contribution < -0.4 is 10.6 Å². The molecular formula is C23H14ClN3O3S. The third-order valence-electron chi connectivity index (χ3n) is 4.63. The molecule has 152 valence electrons. The van der Waals surface area contributed by atoms with Crippen molar-refractivity contribution in [1.82, 2.24) is 10.3 Å². The Labute approximate surface area is 186 Å². The standard InChI is InChI=1S/C23H14ClN3O3S/c24-16-7-3-2-6-15(16)22-26-17-12-14(9-10-19(17)30-22)25-23(31)27-21(28)20-11-13-5-1-4-8-18(13)29-20/h1-12H,(H2,25,27,28,31). The number of hydrogen-bond acceptors (Lipinski definition) is 5. The van der Waals surface area contributed by atoms with E-state index in [2.05, 4.69) is 15.6 Å². The number of halogens is 1. The highest BCUT2D eigenvalue weighted by Gasteiger charge is 2.15. The Hall–Kier alpha value is -3.68. The van der Waals surface area contributed by atoms with E-state index < -0.39 is 5.91 Å². The number of nitrogens with one attached hydrogen (secondary N) is 2. The van der Waals surface area contributed by atoms with Crippen LogP contribution in [0.15, 0.2) is 81.6 Å². The van der Waals surface area contributed by atoms with Gasteiger partial charge >= 0.3 is 0 Å². The summed E-state index contributed by atoms with van der Waals surface area (Å²) in [5.74, 6) is 0.178. The summed E-state index contributed by atoms with van der Waals surface area (Å²) in [6, 6.07) is 21.7. The summed E-state index contributed by atoms with van der Waals surface area (Å²) in [6.45, 7) is 0. The van der Waals surface area contributed by atoms with Crippen molar-refractivity contribution in [3.05, 3.63) is 83.6 Å². The molecule has 5 aromatic rings. The fraction of sp³-hybridized carbons (Fsp3) is 0. The van der Waals surface area contributed by atoms with Crippen LogP contribution in [-0.2, 0) is 0 Å². The Morgan fingerprint density at radius 1 is 0.935 bits per heavy atom. The molecule has 0 bridgehead atoms. The average molecular weight is 448 g/mol. The quantitative estimate of drug-likeness (QED) is 0.329. The number of carbonyl (C=O) groups excluding carboxylic acids is 1. The van der Waals surface area contributed by atoms with E-state index >= 15 is 0 Å². The van der Waals surface area contributed by atoms with E-state index in [0.717, 1.165) is 5.39 Å². The van der Waals surface area contributed by atoms with Crippen LogP contribution in [0, 0.1) is 0 Å². The highest BCUT2D eigenvalue weighted by molar-refractivity contribution is 7.80.